The maximum absolute atomic E-state index is 12.6. The number of nitrogens with one attached hydrogen (secondary N) is 1. The molecule has 3 rings (SSSR count). The van der Waals surface area contributed by atoms with Crippen molar-refractivity contribution in [1.29, 1.82) is 0 Å². The van der Waals surface area contributed by atoms with Crippen LogP contribution in [0, 0.1) is 0 Å². The molecule has 0 aliphatic carbocycles. The van der Waals surface area contributed by atoms with Crippen LogP contribution in [0.2, 0.25) is 0 Å². The lowest BCUT2D eigenvalue weighted by Crippen LogP contribution is -2.52. The minimum Gasteiger partial charge on any atom is -0.467 e. The summed E-state index contributed by atoms with van der Waals surface area (Å²) in [6.07, 6.45) is 1.91. The van der Waals surface area contributed by atoms with Gasteiger partial charge in [-0.15, -0.1) is 0 Å². The summed E-state index contributed by atoms with van der Waals surface area (Å²) in [6.45, 7) is 2.06. The van der Waals surface area contributed by atoms with Gasteiger partial charge in [-0.2, -0.15) is 4.31 Å². The zero-order valence-electron chi connectivity index (χ0n) is 13.4. The number of sulfonamides is 1. The zero-order valence-corrected chi connectivity index (χ0v) is 14.3. The normalized spacial score (nSPS) is 18.1. The molecule has 0 radical (unpaired) electrons. The van der Waals surface area contributed by atoms with Crippen molar-refractivity contribution in [2.45, 2.75) is 32.5 Å². The Kier molecular flexibility index (Phi) is 4.73. The molecule has 6 nitrogen and oxygen atoms in total. The molecule has 2 heterocycles. The van der Waals surface area contributed by atoms with E-state index in [0.717, 1.165) is 11.1 Å². The molecule has 1 aliphatic rings. The number of fused-ring (bicyclic) bond motifs is 1. The molecule has 0 unspecified atom stereocenters. The molecule has 0 bridgehead atoms. The molecule has 1 amide bonds. The molecule has 1 aromatic heterocycles. The van der Waals surface area contributed by atoms with E-state index >= 15 is 0 Å². The second-order valence-electron chi connectivity index (χ2n) is 5.73. The van der Waals surface area contributed by atoms with Crippen molar-refractivity contribution < 1.29 is 17.6 Å². The number of carbonyl (C=O) groups is 1. The third-order valence-electron chi connectivity index (χ3n) is 4.25. The third kappa shape index (κ3) is 3.37. The Labute approximate surface area is 141 Å². The zero-order chi connectivity index (χ0) is 17.2. The largest absolute Gasteiger partial charge is 0.467 e. The van der Waals surface area contributed by atoms with Crippen LogP contribution in [-0.2, 0) is 34.3 Å². The van der Waals surface area contributed by atoms with Crippen LogP contribution >= 0.6 is 0 Å². The van der Waals surface area contributed by atoms with Crippen LogP contribution in [0.4, 0.5) is 0 Å². The Morgan fingerprint density at radius 2 is 2.00 bits per heavy atom. The first-order chi connectivity index (χ1) is 11.5. The van der Waals surface area contributed by atoms with E-state index < -0.39 is 16.1 Å². The number of carbonyl (C=O) groups excluding carboxylic acids is 1. The summed E-state index contributed by atoms with van der Waals surface area (Å²) in [4.78, 5) is 12.6. The summed E-state index contributed by atoms with van der Waals surface area (Å²) < 4.78 is 31.4. The van der Waals surface area contributed by atoms with Crippen LogP contribution in [0.1, 0.15) is 23.8 Å². The number of hydrogen-bond donors (Lipinski definition) is 1. The molecular weight excluding hydrogens is 328 g/mol. The van der Waals surface area contributed by atoms with Crippen LogP contribution in [0.25, 0.3) is 0 Å². The van der Waals surface area contributed by atoms with Gasteiger partial charge < -0.3 is 9.73 Å². The van der Waals surface area contributed by atoms with E-state index in [4.69, 9.17) is 4.42 Å². The predicted molar refractivity (Wildman–Crippen MR) is 89.5 cm³/mol. The maximum Gasteiger partial charge on any atom is 0.239 e. The minimum absolute atomic E-state index is 0.0306. The lowest BCUT2D eigenvalue weighted by atomic mass is 9.95. The number of benzene rings is 1. The predicted octanol–water partition coefficient (Wildman–Crippen LogP) is 1.67. The van der Waals surface area contributed by atoms with Crippen LogP contribution in [0.15, 0.2) is 47.1 Å². The van der Waals surface area contributed by atoms with Crippen LogP contribution in [0.3, 0.4) is 0 Å². The molecule has 0 spiro atoms. The number of hydrogen-bond acceptors (Lipinski definition) is 4. The Morgan fingerprint density at radius 1 is 1.25 bits per heavy atom. The Bertz CT molecular complexity index is 815. The van der Waals surface area contributed by atoms with Gasteiger partial charge in [0.15, 0.2) is 0 Å². The number of amides is 1. The maximum atomic E-state index is 12.6. The van der Waals surface area contributed by atoms with Crippen molar-refractivity contribution >= 4 is 15.9 Å². The highest BCUT2D eigenvalue weighted by Crippen LogP contribution is 2.26. The van der Waals surface area contributed by atoms with Gasteiger partial charge in [0.1, 0.15) is 11.8 Å². The fraction of sp³-hybridized carbons (Fsp3) is 0.353. The van der Waals surface area contributed by atoms with E-state index in [1.165, 1.54) is 10.6 Å². The van der Waals surface area contributed by atoms with Gasteiger partial charge in [-0.05, 0) is 36.6 Å². The van der Waals surface area contributed by atoms with Gasteiger partial charge in [-0.25, -0.2) is 8.42 Å². The second-order valence-corrected chi connectivity index (χ2v) is 7.94. The quantitative estimate of drug-likeness (QED) is 0.891. The van der Waals surface area contributed by atoms with Crippen molar-refractivity contribution in [3.8, 4) is 0 Å². The van der Waals surface area contributed by atoms with Crippen LogP contribution in [0.5, 0.6) is 0 Å². The van der Waals surface area contributed by atoms with E-state index in [0.29, 0.717) is 12.2 Å². The first kappa shape index (κ1) is 16.7. The Morgan fingerprint density at radius 3 is 2.67 bits per heavy atom. The summed E-state index contributed by atoms with van der Waals surface area (Å²) >= 11 is 0. The number of nitrogens with zero attached hydrogens (tertiary/aromatic N) is 1. The van der Waals surface area contributed by atoms with Gasteiger partial charge in [0.25, 0.3) is 0 Å². The molecule has 1 aliphatic heterocycles. The highest BCUT2D eigenvalue weighted by atomic mass is 32.2. The van der Waals surface area contributed by atoms with Gasteiger partial charge in [0.2, 0.25) is 15.9 Å². The van der Waals surface area contributed by atoms with Crippen LogP contribution < -0.4 is 5.32 Å². The highest BCUT2D eigenvalue weighted by Gasteiger charge is 2.37. The first-order valence-electron chi connectivity index (χ1n) is 7.87. The van der Waals surface area contributed by atoms with Crippen molar-refractivity contribution in [3.63, 3.8) is 0 Å². The van der Waals surface area contributed by atoms with Gasteiger partial charge in [-0.3, -0.25) is 4.79 Å². The second kappa shape index (κ2) is 6.78. The van der Waals surface area contributed by atoms with Crippen LogP contribution in [-0.4, -0.2) is 30.4 Å². The third-order valence-corrected chi connectivity index (χ3v) is 6.07. The fourth-order valence-electron chi connectivity index (χ4n) is 2.89. The molecule has 0 saturated carbocycles. The van der Waals surface area contributed by atoms with E-state index in [9.17, 15) is 13.2 Å². The molecule has 0 fully saturated rings. The molecule has 7 heteroatoms. The summed E-state index contributed by atoms with van der Waals surface area (Å²) in [5, 5.41) is 2.77. The summed E-state index contributed by atoms with van der Waals surface area (Å²) in [5.74, 6) is 0.291. The van der Waals surface area contributed by atoms with E-state index in [-0.39, 0.29) is 24.7 Å². The van der Waals surface area contributed by atoms with E-state index in [2.05, 4.69) is 5.32 Å². The lowest BCUT2D eigenvalue weighted by Gasteiger charge is -2.34. The van der Waals surface area contributed by atoms with Crippen molar-refractivity contribution in [3.05, 3.63) is 59.5 Å². The van der Waals surface area contributed by atoms with Gasteiger partial charge in [-0.1, -0.05) is 24.3 Å². The molecule has 24 heavy (non-hydrogen) atoms. The molecule has 1 atom stereocenters. The Balaban J connectivity index is 1.83. The molecule has 128 valence electrons. The molecular formula is C17H20N2O4S. The van der Waals surface area contributed by atoms with E-state index in [1.54, 1.807) is 19.1 Å². The van der Waals surface area contributed by atoms with E-state index in [1.807, 2.05) is 24.3 Å². The van der Waals surface area contributed by atoms with Crippen molar-refractivity contribution in [2.24, 2.45) is 0 Å². The number of rotatable bonds is 5. The average Bonchev–Trinajstić information content (AvgIpc) is 3.12. The number of furan rings is 1. The highest BCUT2D eigenvalue weighted by molar-refractivity contribution is 7.89. The summed E-state index contributed by atoms with van der Waals surface area (Å²) in [5.41, 5.74) is 1.96. The molecule has 1 aromatic carbocycles. The summed E-state index contributed by atoms with van der Waals surface area (Å²) in [7, 11) is -3.48. The fourth-order valence-corrected chi connectivity index (χ4v) is 4.11. The lowest BCUT2D eigenvalue weighted by molar-refractivity contribution is -0.125. The monoisotopic (exact) mass is 348 g/mol. The van der Waals surface area contributed by atoms with Gasteiger partial charge >= 0.3 is 0 Å². The summed E-state index contributed by atoms with van der Waals surface area (Å²) in [6, 6.07) is 10.4. The molecule has 0 saturated heterocycles. The van der Waals surface area contributed by atoms with Gasteiger partial charge in [0.05, 0.1) is 18.6 Å². The molecule has 2 aromatic rings. The SMILES string of the molecule is CCS(=O)(=O)N1Cc2ccccc2C[C@H]1C(=O)NCc1ccco1. The van der Waals surface area contributed by atoms with Gasteiger partial charge in [0, 0.05) is 6.54 Å². The van der Waals surface area contributed by atoms with Crippen molar-refractivity contribution in [1.82, 2.24) is 9.62 Å². The first-order valence-corrected chi connectivity index (χ1v) is 9.48. The van der Waals surface area contributed by atoms with Crippen molar-refractivity contribution in [2.75, 3.05) is 5.75 Å². The minimum atomic E-state index is -3.48. The average molecular weight is 348 g/mol. The smallest absolute Gasteiger partial charge is 0.239 e. The standard InChI is InChI=1S/C17H20N2O4S/c1-2-24(21,22)19-12-14-7-4-3-6-13(14)10-16(19)17(20)18-11-15-8-5-9-23-15/h3-9,16H,2,10-12H2,1H3,(H,18,20)/t16-/m0/s1. The Hall–Kier alpha value is -2.12. The topological polar surface area (TPSA) is 79.6 Å². The molecule has 1 N–H and O–H groups in total.